The number of ether oxygens (including phenoxy) is 6. The number of carboxylic acid groups (broad SMARTS) is 1. The lowest BCUT2D eigenvalue weighted by atomic mass is 10.6. The molecule has 0 fully saturated rings. The van der Waals surface area contributed by atoms with Gasteiger partial charge in [-0.2, -0.15) is 0 Å². The highest BCUT2D eigenvalue weighted by molar-refractivity contribution is 5.67. The summed E-state index contributed by atoms with van der Waals surface area (Å²) < 4.78 is 30.6. The summed E-state index contributed by atoms with van der Waals surface area (Å²) in [5.41, 5.74) is 0. The highest BCUT2D eigenvalue weighted by Gasteiger charge is 1.96. The van der Waals surface area contributed by atoms with Crippen LogP contribution in [0.25, 0.3) is 0 Å². The Labute approximate surface area is 135 Å². The highest BCUT2D eigenvalue weighted by atomic mass is 16.6. The van der Waals surface area contributed by atoms with Crippen molar-refractivity contribution in [2.75, 3.05) is 79.3 Å². The normalized spacial score (nSPS) is 10.8. The number of carbonyl (C=O) groups is 2. The van der Waals surface area contributed by atoms with E-state index < -0.39 is 5.97 Å². The van der Waals surface area contributed by atoms with Gasteiger partial charge in [0.1, 0.15) is 19.5 Å². The van der Waals surface area contributed by atoms with Crippen molar-refractivity contribution in [2.24, 2.45) is 0 Å². The van der Waals surface area contributed by atoms with Crippen LogP contribution in [0.15, 0.2) is 0 Å². The van der Waals surface area contributed by atoms with E-state index in [1.807, 2.05) is 0 Å². The van der Waals surface area contributed by atoms with Crippen LogP contribution in [0.1, 0.15) is 0 Å². The summed E-state index contributed by atoms with van der Waals surface area (Å²) in [6.45, 7) is 3.89. The average molecular weight is 338 g/mol. The molecule has 136 valence electrons. The Morgan fingerprint density at radius 1 is 0.652 bits per heavy atom. The molecule has 0 saturated heterocycles. The Kier molecular flexibility index (Phi) is 18.0. The lowest BCUT2D eigenvalue weighted by Gasteiger charge is -2.07. The molecule has 0 unspecified atom stereocenters. The number of carbonyl (C=O) groups excluding carboxylic acids is 1. The number of aliphatic carboxylic acids is 1. The topological polar surface area (TPSA) is 110 Å². The Hall–Kier alpha value is -1.10. The SMILES string of the molecule is O=CCOCCOCCOCCOCCOCCOCC(=O)O. The molecule has 0 spiro atoms. The van der Waals surface area contributed by atoms with Gasteiger partial charge in [-0.1, -0.05) is 0 Å². The fourth-order valence-electron chi connectivity index (χ4n) is 1.29. The molecule has 0 saturated carbocycles. The molecular formula is C14H26O9. The van der Waals surface area contributed by atoms with Crippen LogP contribution in [0.2, 0.25) is 0 Å². The smallest absolute Gasteiger partial charge is 0.329 e. The minimum absolute atomic E-state index is 0.0935. The first-order valence-corrected chi connectivity index (χ1v) is 7.39. The molecule has 0 aliphatic heterocycles. The molecule has 0 aromatic heterocycles. The standard InChI is InChI=1S/C14H26O9/c15-1-2-18-3-4-19-5-6-20-7-8-21-9-10-22-11-12-23-13-14(16)17/h1H,2-13H2,(H,16,17). The number of hydrogen-bond acceptors (Lipinski definition) is 8. The molecule has 0 aromatic rings. The van der Waals surface area contributed by atoms with E-state index in [1.54, 1.807) is 0 Å². The molecule has 9 nitrogen and oxygen atoms in total. The zero-order valence-electron chi connectivity index (χ0n) is 13.3. The maximum absolute atomic E-state index is 10.1. The molecule has 0 aliphatic rings. The predicted octanol–water partition coefficient (Wildman–Crippen LogP) is -0.630. The van der Waals surface area contributed by atoms with E-state index in [2.05, 4.69) is 0 Å². The van der Waals surface area contributed by atoms with Crippen molar-refractivity contribution < 1.29 is 43.1 Å². The summed E-state index contributed by atoms with van der Waals surface area (Å²) in [5.74, 6) is -0.995. The van der Waals surface area contributed by atoms with E-state index in [1.165, 1.54) is 0 Å². The average Bonchev–Trinajstić information content (AvgIpc) is 2.53. The second-order valence-electron chi connectivity index (χ2n) is 4.14. The Balaban J connectivity index is 2.97. The monoisotopic (exact) mass is 338 g/mol. The van der Waals surface area contributed by atoms with Gasteiger partial charge in [0, 0.05) is 0 Å². The van der Waals surface area contributed by atoms with Gasteiger partial charge in [-0.25, -0.2) is 4.79 Å². The summed E-state index contributed by atoms with van der Waals surface area (Å²) in [6, 6.07) is 0. The number of carboxylic acids is 1. The minimum Gasteiger partial charge on any atom is -0.480 e. The largest absolute Gasteiger partial charge is 0.480 e. The van der Waals surface area contributed by atoms with E-state index in [0.717, 1.165) is 0 Å². The summed E-state index contributed by atoms with van der Waals surface area (Å²) in [5, 5.41) is 8.33. The molecular weight excluding hydrogens is 312 g/mol. The molecule has 0 rings (SSSR count). The van der Waals surface area contributed by atoms with Crippen LogP contribution < -0.4 is 0 Å². The third-order valence-electron chi connectivity index (χ3n) is 2.27. The maximum Gasteiger partial charge on any atom is 0.329 e. The van der Waals surface area contributed by atoms with Crippen molar-refractivity contribution >= 4 is 12.3 Å². The van der Waals surface area contributed by atoms with E-state index in [9.17, 15) is 9.59 Å². The number of aldehydes is 1. The first-order chi connectivity index (χ1) is 11.3. The zero-order chi connectivity index (χ0) is 17.0. The second kappa shape index (κ2) is 18.9. The third-order valence-corrected chi connectivity index (χ3v) is 2.27. The molecule has 0 atom stereocenters. The second-order valence-corrected chi connectivity index (χ2v) is 4.14. The molecule has 23 heavy (non-hydrogen) atoms. The third kappa shape index (κ3) is 20.9. The fraction of sp³-hybridized carbons (Fsp3) is 0.857. The Morgan fingerprint density at radius 2 is 1.00 bits per heavy atom. The Bertz CT molecular complexity index is 273. The van der Waals surface area contributed by atoms with Crippen molar-refractivity contribution in [1.82, 2.24) is 0 Å². The quantitative estimate of drug-likeness (QED) is 0.243. The minimum atomic E-state index is -0.995. The number of rotatable bonds is 19. The zero-order valence-corrected chi connectivity index (χ0v) is 13.3. The van der Waals surface area contributed by atoms with Crippen molar-refractivity contribution in [1.29, 1.82) is 0 Å². The molecule has 1 N–H and O–H groups in total. The summed E-state index contributed by atoms with van der Waals surface area (Å²) >= 11 is 0. The van der Waals surface area contributed by atoms with Crippen LogP contribution in [0, 0.1) is 0 Å². The molecule has 9 heteroatoms. The van der Waals surface area contributed by atoms with Crippen LogP contribution in [-0.4, -0.2) is 96.6 Å². The first-order valence-electron chi connectivity index (χ1n) is 7.39. The van der Waals surface area contributed by atoms with Gasteiger partial charge in [0.2, 0.25) is 0 Å². The van der Waals surface area contributed by atoms with Gasteiger partial charge in [0.25, 0.3) is 0 Å². The Morgan fingerprint density at radius 3 is 1.35 bits per heavy atom. The molecule has 0 aromatic carbocycles. The van der Waals surface area contributed by atoms with Crippen LogP contribution in [0.3, 0.4) is 0 Å². The van der Waals surface area contributed by atoms with E-state index in [-0.39, 0.29) is 19.8 Å². The van der Waals surface area contributed by atoms with Gasteiger partial charge in [-0.3, -0.25) is 0 Å². The number of hydrogen-bond donors (Lipinski definition) is 1. The highest BCUT2D eigenvalue weighted by Crippen LogP contribution is 1.84. The lowest BCUT2D eigenvalue weighted by Crippen LogP contribution is -2.15. The molecule has 0 heterocycles. The van der Waals surface area contributed by atoms with E-state index in [4.69, 9.17) is 33.5 Å². The fourth-order valence-corrected chi connectivity index (χ4v) is 1.29. The van der Waals surface area contributed by atoms with Crippen molar-refractivity contribution in [3.8, 4) is 0 Å². The summed E-state index contributed by atoms with van der Waals surface area (Å²) in [4.78, 5) is 20.1. The van der Waals surface area contributed by atoms with Crippen LogP contribution in [0.4, 0.5) is 0 Å². The lowest BCUT2D eigenvalue weighted by molar-refractivity contribution is -0.142. The molecule has 0 bridgehead atoms. The van der Waals surface area contributed by atoms with Gasteiger partial charge in [-0.15, -0.1) is 0 Å². The maximum atomic E-state index is 10.1. The van der Waals surface area contributed by atoms with Gasteiger partial charge < -0.3 is 38.3 Å². The van der Waals surface area contributed by atoms with Crippen LogP contribution in [-0.2, 0) is 38.0 Å². The van der Waals surface area contributed by atoms with Crippen molar-refractivity contribution in [3.63, 3.8) is 0 Å². The summed E-state index contributed by atoms with van der Waals surface area (Å²) in [7, 11) is 0. The van der Waals surface area contributed by atoms with Gasteiger partial charge in [0.15, 0.2) is 0 Å². The van der Waals surface area contributed by atoms with Crippen LogP contribution >= 0.6 is 0 Å². The van der Waals surface area contributed by atoms with Gasteiger partial charge >= 0.3 is 5.97 Å². The predicted molar refractivity (Wildman–Crippen MR) is 78.6 cm³/mol. The van der Waals surface area contributed by atoms with Crippen molar-refractivity contribution in [2.45, 2.75) is 0 Å². The summed E-state index contributed by atoms with van der Waals surface area (Å²) in [6.07, 6.45) is 0.696. The van der Waals surface area contributed by atoms with Gasteiger partial charge in [-0.05, 0) is 0 Å². The molecule has 0 aliphatic carbocycles. The molecule has 0 radical (unpaired) electrons. The van der Waals surface area contributed by atoms with Gasteiger partial charge in [0.05, 0.1) is 66.1 Å². The van der Waals surface area contributed by atoms with E-state index >= 15 is 0 Å². The first kappa shape index (κ1) is 21.9. The van der Waals surface area contributed by atoms with E-state index in [0.29, 0.717) is 65.7 Å². The van der Waals surface area contributed by atoms with Crippen molar-refractivity contribution in [3.05, 3.63) is 0 Å². The van der Waals surface area contributed by atoms with Crippen LogP contribution in [0.5, 0.6) is 0 Å². The molecule has 0 amide bonds.